The molecule has 1 saturated heterocycles. The van der Waals surface area contributed by atoms with Crippen LogP contribution in [0.1, 0.15) is 20.3 Å². The summed E-state index contributed by atoms with van der Waals surface area (Å²) in [5.41, 5.74) is 0.423. The number of benzene rings is 1. The topological polar surface area (TPSA) is 38.8 Å². The summed E-state index contributed by atoms with van der Waals surface area (Å²) in [6, 6.07) is 5.64. The van der Waals surface area contributed by atoms with E-state index < -0.39 is 5.54 Å². The average Bonchev–Trinajstić information content (AvgIpc) is 2.63. The molecule has 0 aromatic heterocycles. The zero-order valence-electron chi connectivity index (χ0n) is 11.3. The van der Waals surface area contributed by atoms with Crippen LogP contribution in [-0.2, 0) is 4.79 Å². The van der Waals surface area contributed by atoms with E-state index >= 15 is 0 Å². The molecular formula is C14H19NO3. The van der Waals surface area contributed by atoms with E-state index in [4.69, 9.17) is 9.47 Å². The number of hydrogen-bond donors (Lipinski definition) is 0. The monoisotopic (exact) mass is 249 g/mol. The summed E-state index contributed by atoms with van der Waals surface area (Å²) in [6.45, 7) is 4.61. The molecule has 0 atom stereocenters. The maximum atomic E-state index is 11.9. The predicted octanol–water partition coefficient (Wildman–Crippen LogP) is 2.26. The highest BCUT2D eigenvalue weighted by Crippen LogP contribution is 2.39. The molecule has 0 spiro atoms. The van der Waals surface area contributed by atoms with E-state index in [2.05, 4.69) is 4.90 Å². The van der Waals surface area contributed by atoms with Gasteiger partial charge in [-0.2, -0.15) is 0 Å². The van der Waals surface area contributed by atoms with E-state index in [1.54, 1.807) is 14.2 Å². The van der Waals surface area contributed by atoms with Gasteiger partial charge in [-0.05, 0) is 26.0 Å². The Balaban J connectivity index is 2.46. The molecule has 1 aliphatic heterocycles. The highest BCUT2D eigenvalue weighted by molar-refractivity contribution is 5.95. The number of anilines is 1. The van der Waals surface area contributed by atoms with Gasteiger partial charge in [0.1, 0.15) is 11.5 Å². The Morgan fingerprint density at radius 1 is 1.22 bits per heavy atom. The minimum Gasteiger partial charge on any atom is -0.497 e. The Morgan fingerprint density at radius 3 is 2.44 bits per heavy atom. The van der Waals surface area contributed by atoms with Gasteiger partial charge in [-0.15, -0.1) is 0 Å². The summed E-state index contributed by atoms with van der Waals surface area (Å²) in [6.07, 6.45) is 0.577. The van der Waals surface area contributed by atoms with Gasteiger partial charge in [-0.1, -0.05) is 0 Å². The molecule has 1 aliphatic rings. The van der Waals surface area contributed by atoms with E-state index in [1.807, 2.05) is 32.0 Å². The first-order valence-corrected chi connectivity index (χ1v) is 6.03. The van der Waals surface area contributed by atoms with Crippen molar-refractivity contribution in [3.05, 3.63) is 18.2 Å². The number of methoxy groups -OCH3 is 2. The van der Waals surface area contributed by atoms with E-state index in [1.165, 1.54) is 0 Å². The fraction of sp³-hybridized carbons (Fsp3) is 0.500. The predicted molar refractivity (Wildman–Crippen MR) is 70.6 cm³/mol. The van der Waals surface area contributed by atoms with Gasteiger partial charge in [0.2, 0.25) is 0 Å². The standard InChI is InChI=1S/C14H19NO3/c1-14(2)13(16)7-8-15(14)11-9-10(17-3)5-6-12(11)18-4/h5-6,9H,7-8H2,1-4H3. The normalized spacial score (nSPS) is 18.0. The lowest BCUT2D eigenvalue weighted by Crippen LogP contribution is -2.43. The molecule has 0 saturated carbocycles. The lowest BCUT2D eigenvalue weighted by Gasteiger charge is -2.33. The van der Waals surface area contributed by atoms with Crippen LogP contribution in [0.15, 0.2) is 18.2 Å². The number of nitrogens with zero attached hydrogens (tertiary/aromatic N) is 1. The molecule has 0 N–H and O–H groups in total. The number of carbonyl (C=O) groups excluding carboxylic acids is 1. The van der Waals surface area contributed by atoms with Gasteiger partial charge < -0.3 is 14.4 Å². The number of hydrogen-bond acceptors (Lipinski definition) is 4. The smallest absolute Gasteiger partial charge is 0.159 e. The van der Waals surface area contributed by atoms with Gasteiger partial charge in [-0.3, -0.25) is 4.79 Å². The van der Waals surface area contributed by atoms with Crippen LogP contribution in [0.25, 0.3) is 0 Å². The molecule has 4 nitrogen and oxygen atoms in total. The first kappa shape index (κ1) is 12.7. The van der Waals surface area contributed by atoms with Crippen LogP contribution in [0.4, 0.5) is 5.69 Å². The number of rotatable bonds is 3. The summed E-state index contributed by atoms with van der Waals surface area (Å²) in [5.74, 6) is 1.78. The van der Waals surface area contributed by atoms with Crippen molar-refractivity contribution >= 4 is 11.5 Å². The molecule has 1 fully saturated rings. The molecule has 0 radical (unpaired) electrons. The van der Waals surface area contributed by atoms with Crippen LogP contribution >= 0.6 is 0 Å². The van der Waals surface area contributed by atoms with Crippen LogP contribution in [-0.4, -0.2) is 32.1 Å². The Bertz CT molecular complexity index is 468. The fourth-order valence-electron chi connectivity index (χ4n) is 2.38. The van der Waals surface area contributed by atoms with Crippen molar-refractivity contribution in [2.75, 3.05) is 25.7 Å². The second kappa shape index (κ2) is 4.52. The summed E-state index contributed by atoms with van der Waals surface area (Å²) in [7, 11) is 3.27. The van der Waals surface area contributed by atoms with Crippen LogP contribution < -0.4 is 14.4 Å². The zero-order chi connectivity index (χ0) is 13.3. The van der Waals surface area contributed by atoms with Gasteiger partial charge in [0.15, 0.2) is 5.78 Å². The number of Topliss-reactive ketones (excluding diaryl/α,β-unsaturated/α-hetero) is 1. The molecule has 0 aliphatic carbocycles. The summed E-state index contributed by atoms with van der Waals surface area (Å²) in [4.78, 5) is 14.0. The first-order valence-electron chi connectivity index (χ1n) is 6.03. The van der Waals surface area contributed by atoms with Crippen molar-refractivity contribution < 1.29 is 14.3 Å². The van der Waals surface area contributed by atoms with Crippen LogP contribution in [0, 0.1) is 0 Å². The molecule has 0 amide bonds. The summed E-state index contributed by atoms with van der Waals surface area (Å²) >= 11 is 0. The van der Waals surface area contributed by atoms with E-state index in [0.717, 1.165) is 23.7 Å². The molecular weight excluding hydrogens is 230 g/mol. The second-order valence-corrected chi connectivity index (χ2v) is 4.92. The average molecular weight is 249 g/mol. The molecule has 0 bridgehead atoms. The molecule has 98 valence electrons. The Kier molecular flexibility index (Phi) is 3.20. The highest BCUT2D eigenvalue weighted by atomic mass is 16.5. The Labute approximate surface area is 107 Å². The molecule has 2 rings (SSSR count). The van der Waals surface area contributed by atoms with Gasteiger partial charge in [-0.25, -0.2) is 0 Å². The molecule has 18 heavy (non-hydrogen) atoms. The van der Waals surface area contributed by atoms with Crippen LogP contribution in [0.2, 0.25) is 0 Å². The molecule has 1 aromatic carbocycles. The third-order valence-corrected chi connectivity index (χ3v) is 3.60. The maximum Gasteiger partial charge on any atom is 0.159 e. The molecule has 4 heteroatoms. The van der Waals surface area contributed by atoms with E-state index in [0.29, 0.717) is 6.42 Å². The largest absolute Gasteiger partial charge is 0.497 e. The van der Waals surface area contributed by atoms with Crippen LogP contribution in [0.5, 0.6) is 11.5 Å². The third-order valence-electron chi connectivity index (χ3n) is 3.60. The van der Waals surface area contributed by atoms with Gasteiger partial charge >= 0.3 is 0 Å². The van der Waals surface area contributed by atoms with Crippen LogP contribution in [0.3, 0.4) is 0 Å². The highest BCUT2D eigenvalue weighted by Gasteiger charge is 2.41. The Morgan fingerprint density at radius 2 is 1.94 bits per heavy atom. The first-order chi connectivity index (χ1) is 8.50. The summed E-state index contributed by atoms with van der Waals surface area (Å²) < 4.78 is 10.6. The summed E-state index contributed by atoms with van der Waals surface area (Å²) in [5, 5.41) is 0. The maximum absolute atomic E-state index is 11.9. The number of carbonyl (C=O) groups is 1. The van der Waals surface area contributed by atoms with Crippen molar-refractivity contribution in [2.24, 2.45) is 0 Å². The van der Waals surface area contributed by atoms with Crippen molar-refractivity contribution in [3.63, 3.8) is 0 Å². The fourth-order valence-corrected chi connectivity index (χ4v) is 2.38. The SMILES string of the molecule is COc1ccc(OC)c(N2CCC(=O)C2(C)C)c1. The van der Waals surface area contributed by atoms with Crippen molar-refractivity contribution in [1.82, 2.24) is 0 Å². The molecule has 1 aromatic rings. The number of ether oxygens (including phenoxy) is 2. The van der Waals surface area contributed by atoms with Gasteiger partial charge in [0.05, 0.1) is 25.4 Å². The zero-order valence-corrected chi connectivity index (χ0v) is 11.3. The van der Waals surface area contributed by atoms with E-state index in [-0.39, 0.29) is 5.78 Å². The van der Waals surface area contributed by atoms with Crippen molar-refractivity contribution in [3.8, 4) is 11.5 Å². The third kappa shape index (κ3) is 1.92. The van der Waals surface area contributed by atoms with Gasteiger partial charge in [0.25, 0.3) is 0 Å². The van der Waals surface area contributed by atoms with Crippen molar-refractivity contribution in [2.45, 2.75) is 25.8 Å². The quantitative estimate of drug-likeness (QED) is 0.823. The lowest BCUT2D eigenvalue weighted by molar-refractivity contribution is -0.120. The minimum atomic E-state index is -0.486. The van der Waals surface area contributed by atoms with Crippen molar-refractivity contribution in [1.29, 1.82) is 0 Å². The molecule has 1 heterocycles. The minimum absolute atomic E-state index is 0.257. The molecule has 0 unspecified atom stereocenters. The van der Waals surface area contributed by atoms with Gasteiger partial charge in [0, 0.05) is 19.0 Å². The lowest BCUT2D eigenvalue weighted by atomic mass is 10.00. The number of ketones is 1. The second-order valence-electron chi connectivity index (χ2n) is 4.92. The van der Waals surface area contributed by atoms with E-state index in [9.17, 15) is 4.79 Å². The Hall–Kier alpha value is -1.71.